The van der Waals surface area contributed by atoms with E-state index in [4.69, 9.17) is 4.74 Å². The first-order chi connectivity index (χ1) is 14.0. The van der Waals surface area contributed by atoms with Crippen molar-refractivity contribution in [2.45, 2.75) is 33.4 Å². The summed E-state index contributed by atoms with van der Waals surface area (Å²) in [5.74, 6) is 0.268. The number of nitrogens with zero attached hydrogens (tertiary/aromatic N) is 4. The predicted octanol–water partition coefficient (Wildman–Crippen LogP) is 2.28. The number of aliphatic hydroxyl groups excluding tert-OH is 1. The zero-order valence-corrected chi connectivity index (χ0v) is 16.8. The van der Waals surface area contributed by atoms with Crippen LogP contribution in [0.4, 0.5) is 0 Å². The topological polar surface area (TPSA) is 102 Å². The summed E-state index contributed by atoms with van der Waals surface area (Å²) in [7, 11) is 0. The van der Waals surface area contributed by atoms with Crippen LogP contribution in [0.1, 0.15) is 35.6 Å². The molecule has 3 rings (SSSR count). The number of nitrogens with one attached hydrogen (secondary N) is 1. The lowest BCUT2D eigenvalue weighted by Gasteiger charge is -2.14. The van der Waals surface area contributed by atoms with Crippen LogP contribution >= 0.6 is 0 Å². The summed E-state index contributed by atoms with van der Waals surface area (Å²) in [6.45, 7) is 6.34. The minimum absolute atomic E-state index is 0.137. The number of hydrogen-bond donors (Lipinski definition) is 2. The van der Waals surface area contributed by atoms with Crippen LogP contribution in [0.2, 0.25) is 0 Å². The van der Waals surface area contributed by atoms with Gasteiger partial charge in [0.15, 0.2) is 5.82 Å². The van der Waals surface area contributed by atoms with Gasteiger partial charge in [0.1, 0.15) is 6.61 Å². The van der Waals surface area contributed by atoms with Crippen molar-refractivity contribution >= 4 is 5.91 Å². The maximum absolute atomic E-state index is 12.7. The monoisotopic (exact) mass is 395 g/mol. The highest BCUT2D eigenvalue weighted by Gasteiger charge is 2.16. The van der Waals surface area contributed by atoms with E-state index >= 15 is 0 Å². The molecule has 0 fully saturated rings. The normalized spacial score (nSPS) is 12.0. The highest BCUT2D eigenvalue weighted by molar-refractivity contribution is 5.96. The molecule has 3 aromatic rings. The van der Waals surface area contributed by atoms with Gasteiger partial charge in [-0.15, -0.1) is 5.10 Å². The summed E-state index contributed by atoms with van der Waals surface area (Å²) in [5, 5.41) is 23.9. The molecule has 0 bridgehead atoms. The van der Waals surface area contributed by atoms with E-state index in [1.165, 1.54) is 0 Å². The van der Waals surface area contributed by atoms with Crippen LogP contribution in [-0.4, -0.2) is 50.5 Å². The maximum atomic E-state index is 12.7. The molecule has 1 amide bonds. The molecule has 0 saturated carbocycles. The Balaban J connectivity index is 2.06. The van der Waals surface area contributed by atoms with Gasteiger partial charge in [-0.25, -0.2) is 0 Å². The van der Waals surface area contributed by atoms with Crippen molar-refractivity contribution in [3.05, 3.63) is 59.4 Å². The lowest BCUT2D eigenvalue weighted by Crippen LogP contribution is -2.35. The van der Waals surface area contributed by atoms with Gasteiger partial charge in [-0.3, -0.25) is 4.79 Å². The zero-order chi connectivity index (χ0) is 20.8. The molecular weight excluding hydrogens is 370 g/mol. The molecule has 1 heterocycles. The number of amides is 1. The van der Waals surface area contributed by atoms with Gasteiger partial charge in [0.2, 0.25) is 0 Å². The first-order valence-corrected chi connectivity index (χ1v) is 9.51. The number of carbonyl (C=O) groups excluding carboxylic acids is 1. The van der Waals surface area contributed by atoms with Gasteiger partial charge >= 0.3 is 0 Å². The van der Waals surface area contributed by atoms with Gasteiger partial charge in [-0.2, -0.15) is 4.68 Å². The maximum Gasteiger partial charge on any atom is 0.251 e. The molecule has 0 unspecified atom stereocenters. The van der Waals surface area contributed by atoms with E-state index in [1.807, 2.05) is 50.2 Å². The Morgan fingerprint density at radius 3 is 2.66 bits per heavy atom. The van der Waals surface area contributed by atoms with Crippen molar-refractivity contribution < 1.29 is 14.6 Å². The number of carbonyl (C=O) groups is 1. The predicted molar refractivity (Wildman–Crippen MR) is 109 cm³/mol. The van der Waals surface area contributed by atoms with E-state index in [0.717, 1.165) is 16.7 Å². The summed E-state index contributed by atoms with van der Waals surface area (Å²) in [5.41, 5.74) is 4.10. The lowest BCUT2D eigenvalue weighted by atomic mass is 10.0. The Bertz CT molecular complexity index is 969. The van der Waals surface area contributed by atoms with Crippen LogP contribution < -0.4 is 5.32 Å². The van der Waals surface area contributed by atoms with Crippen molar-refractivity contribution in [1.29, 1.82) is 0 Å². The van der Waals surface area contributed by atoms with Gasteiger partial charge in [0, 0.05) is 18.2 Å². The highest BCUT2D eigenvalue weighted by atomic mass is 16.5. The smallest absolute Gasteiger partial charge is 0.251 e. The summed E-state index contributed by atoms with van der Waals surface area (Å²) < 4.78 is 7.01. The van der Waals surface area contributed by atoms with Gasteiger partial charge in [-0.1, -0.05) is 29.8 Å². The Kier molecular flexibility index (Phi) is 6.69. The van der Waals surface area contributed by atoms with Crippen LogP contribution in [0.5, 0.6) is 0 Å². The fourth-order valence-corrected chi connectivity index (χ4v) is 2.82. The SMILES string of the molecule is CCOCc1nnnn1-c1cc(C(=O)N[C@@H](C)CO)cc(-c2ccc(C)cc2)c1. The fourth-order valence-electron chi connectivity index (χ4n) is 2.82. The van der Waals surface area contributed by atoms with Crippen LogP contribution in [0, 0.1) is 6.92 Å². The molecule has 0 aliphatic carbocycles. The number of rotatable bonds is 8. The lowest BCUT2D eigenvalue weighted by molar-refractivity contribution is 0.0922. The summed E-state index contributed by atoms with van der Waals surface area (Å²) in [6.07, 6.45) is 0. The third kappa shape index (κ3) is 5.04. The number of aryl methyl sites for hydroxylation is 1. The van der Waals surface area contributed by atoms with E-state index in [1.54, 1.807) is 17.7 Å². The largest absolute Gasteiger partial charge is 0.394 e. The second-order valence-electron chi connectivity index (χ2n) is 6.84. The molecule has 152 valence electrons. The molecule has 8 heteroatoms. The average Bonchev–Trinajstić information content (AvgIpc) is 3.20. The Morgan fingerprint density at radius 2 is 1.97 bits per heavy atom. The molecular formula is C21H25N5O3. The standard InChI is InChI=1S/C21H25N5O3/c1-4-29-13-20-23-24-25-26(20)19-10-17(16-7-5-14(2)6-8-16)9-18(11-19)21(28)22-15(3)12-27/h5-11,15,27H,4,12-13H2,1-3H3,(H,22,28)/t15-/m0/s1. The van der Waals surface area contributed by atoms with Crippen LogP contribution in [0.15, 0.2) is 42.5 Å². The van der Waals surface area contributed by atoms with Crippen molar-refractivity contribution in [2.24, 2.45) is 0 Å². The number of benzene rings is 2. The first-order valence-electron chi connectivity index (χ1n) is 9.51. The van der Waals surface area contributed by atoms with E-state index < -0.39 is 0 Å². The molecule has 8 nitrogen and oxygen atoms in total. The minimum Gasteiger partial charge on any atom is -0.394 e. The fraction of sp³-hybridized carbons (Fsp3) is 0.333. The molecule has 0 saturated heterocycles. The van der Waals surface area contributed by atoms with E-state index in [2.05, 4.69) is 20.8 Å². The van der Waals surface area contributed by atoms with Gasteiger partial charge < -0.3 is 15.2 Å². The molecule has 1 aromatic heterocycles. The molecule has 0 aliphatic heterocycles. The number of aromatic nitrogens is 4. The number of aliphatic hydroxyl groups is 1. The molecule has 2 N–H and O–H groups in total. The summed E-state index contributed by atoms with van der Waals surface area (Å²) in [6, 6.07) is 13.2. The molecule has 29 heavy (non-hydrogen) atoms. The van der Waals surface area contributed by atoms with Gasteiger partial charge in [0.05, 0.1) is 12.3 Å². The van der Waals surface area contributed by atoms with Crippen molar-refractivity contribution in [3.8, 4) is 16.8 Å². The van der Waals surface area contributed by atoms with Crippen molar-refractivity contribution in [3.63, 3.8) is 0 Å². The Hall–Kier alpha value is -3.10. The van der Waals surface area contributed by atoms with Crippen molar-refractivity contribution in [1.82, 2.24) is 25.5 Å². The third-order valence-corrected chi connectivity index (χ3v) is 4.43. The second kappa shape index (κ2) is 9.40. The van der Waals surface area contributed by atoms with Gasteiger partial charge in [-0.05, 0) is 60.5 Å². The molecule has 0 radical (unpaired) electrons. The van der Waals surface area contributed by atoms with E-state index in [0.29, 0.717) is 23.7 Å². The quantitative estimate of drug-likeness (QED) is 0.607. The number of hydrogen-bond acceptors (Lipinski definition) is 6. The zero-order valence-electron chi connectivity index (χ0n) is 16.8. The Morgan fingerprint density at radius 1 is 1.21 bits per heavy atom. The molecule has 0 spiro atoms. The first kappa shape index (κ1) is 20.6. The minimum atomic E-state index is -0.351. The molecule has 1 atom stereocenters. The van der Waals surface area contributed by atoms with Crippen LogP contribution in [0.25, 0.3) is 16.8 Å². The average molecular weight is 395 g/mol. The highest BCUT2D eigenvalue weighted by Crippen LogP contribution is 2.25. The van der Waals surface area contributed by atoms with Crippen LogP contribution in [-0.2, 0) is 11.3 Å². The van der Waals surface area contributed by atoms with E-state index in [-0.39, 0.29) is 25.2 Å². The summed E-state index contributed by atoms with van der Waals surface area (Å²) >= 11 is 0. The third-order valence-electron chi connectivity index (χ3n) is 4.43. The summed E-state index contributed by atoms with van der Waals surface area (Å²) in [4.78, 5) is 12.7. The van der Waals surface area contributed by atoms with Crippen LogP contribution in [0.3, 0.4) is 0 Å². The number of tetrazole rings is 1. The Labute approximate surface area is 169 Å². The number of ether oxygens (including phenoxy) is 1. The second-order valence-corrected chi connectivity index (χ2v) is 6.84. The van der Waals surface area contributed by atoms with Gasteiger partial charge in [0.25, 0.3) is 5.91 Å². The molecule has 2 aromatic carbocycles. The van der Waals surface area contributed by atoms with E-state index in [9.17, 15) is 9.90 Å². The van der Waals surface area contributed by atoms with Crippen molar-refractivity contribution in [2.75, 3.05) is 13.2 Å². The molecule has 0 aliphatic rings.